The second kappa shape index (κ2) is 11.9. The molecule has 0 saturated carbocycles. The highest BCUT2D eigenvalue weighted by atomic mass is 19.4. The number of nitrogens with zero attached hydrogens (tertiary/aromatic N) is 2. The molecule has 1 saturated heterocycles. The smallest absolute Gasteiger partial charge is 0.475 e. The minimum absolute atomic E-state index is 0.0392. The molecule has 1 N–H and O–H groups in total. The Labute approximate surface area is 191 Å². The molecule has 0 aliphatic carbocycles. The highest BCUT2D eigenvalue weighted by Gasteiger charge is 2.39. The van der Waals surface area contributed by atoms with Crippen LogP contribution in [-0.4, -0.2) is 33.7 Å². The highest BCUT2D eigenvalue weighted by molar-refractivity contribution is 6.11. The summed E-state index contributed by atoms with van der Waals surface area (Å²) in [6.45, 7) is 4.39. The Morgan fingerprint density at radius 2 is 1.64 bits per heavy atom. The lowest BCUT2D eigenvalue weighted by atomic mass is 9.83. The minimum atomic E-state index is -5.08. The topological polar surface area (TPSA) is 79.6 Å². The summed E-state index contributed by atoms with van der Waals surface area (Å²) in [7, 11) is 0. The Bertz CT molecular complexity index is 922. The molecule has 1 aromatic heterocycles. The molecule has 3 rings (SSSR count). The zero-order chi connectivity index (χ0) is 24.6. The third kappa shape index (κ3) is 7.33. The summed E-state index contributed by atoms with van der Waals surface area (Å²) < 4.78 is 33.4. The van der Waals surface area contributed by atoms with Crippen LogP contribution >= 0.6 is 0 Å². The molecule has 2 atom stereocenters. The molecule has 9 heteroatoms. The summed E-state index contributed by atoms with van der Waals surface area (Å²) in [6.07, 6.45) is 7.11. The zero-order valence-electron chi connectivity index (χ0n) is 19.0. The number of unbranched alkanes of at least 4 members (excludes halogenated alkanes) is 4. The molecule has 0 radical (unpaired) electrons. The second-order valence-electron chi connectivity index (χ2n) is 8.44. The van der Waals surface area contributed by atoms with Gasteiger partial charge in [0.1, 0.15) is 0 Å². The molecule has 1 aliphatic heterocycles. The molecular weight excluding hydrogens is 437 g/mol. The SMILES string of the molecule is CCCCCCCC(C)C1CCC(=O)N(n2cc3ccccc3c2)C1=O.O=C(O)C(F)(F)F. The van der Waals surface area contributed by atoms with Crippen LogP contribution in [0.2, 0.25) is 0 Å². The molecule has 1 aliphatic rings. The van der Waals surface area contributed by atoms with Crippen molar-refractivity contribution >= 4 is 28.6 Å². The molecular formula is C24H31F3N2O4. The summed E-state index contributed by atoms with van der Waals surface area (Å²) in [4.78, 5) is 34.4. The lowest BCUT2D eigenvalue weighted by Gasteiger charge is -2.34. The number of carbonyl (C=O) groups excluding carboxylic acids is 2. The molecule has 182 valence electrons. The van der Waals surface area contributed by atoms with Gasteiger partial charge in [0, 0.05) is 35.5 Å². The Balaban J connectivity index is 0.000000479. The monoisotopic (exact) mass is 468 g/mol. The van der Waals surface area contributed by atoms with Crippen molar-refractivity contribution in [2.45, 2.75) is 71.4 Å². The Kier molecular flexibility index (Phi) is 9.49. The largest absolute Gasteiger partial charge is 0.490 e. The van der Waals surface area contributed by atoms with Crippen molar-refractivity contribution in [3.05, 3.63) is 36.7 Å². The number of piperidine rings is 1. The van der Waals surface area contributed by atoms with Crippen LogP contribution in [0.3, 0.4) is 0 Å². The van der Waals surface area contributed by atoms with Gasteiger partial charge in [0.05, 0.1) is 0 Å². The minimum Gasteiger partial charge on any atom is -0.475 e. The Morgan fingerprint density at radius 1 is 1.09 bits per heavy atom. The maximum Gasteiger partial charge on any atom is 0.490 e. The Morgan fingerprint density at radius 3 is 2.15 bits per heavy atom. The van der Waals surface area contributed by atoms with E-state index >= 15 is 0 Å². The molecule has 0 bridgehead atoms. The van der Waals surface area contributed by atoms with Gasteiger partial charge in [0.2, 0.25) is 5.91 Å². The number of imide groups is 1. The van der Waals surface area contributed by atoms with Gasteiger partial charge in [-0.05, 0) is 18.8 Å². The van der Waals surface area contributed by atoms with E-state index in [4.69, 9.17) is 9.90 Å². The molecule has 1 fully saturated rings. The molecule has 6 nitrogen and oxygen atoms in total. The summed E-state index contributed by atoms with van der Waals surface area (Å²) in [5, 5.41) is 10.6. The van der Waals surface area contributed by atoms with Gasteiger partial charge in [0.25, 0.3) is 5.91 Å². The van der Waals surface area contributed by atoms with E-state index in [2.05, 4.69) is 13.8 Å². The first-order chi connectivity index (χ1) is 15.6. The predicted octanol–water partition coefficient (Wildman–Crippen LogP) is 5.67. The molecule has 0 spiro atoms. The van der Waals surface area contributed by atoms with Crippen LogP contribution in [0.5, 0.6) is 0 Å². The Hall–Kier alpha value is -2.84. The van der Waals surface area contributed by atoms with Crippen LogP contribution in [0.1, 0.15) is 65.2 Å². The molecule has 1 aromatic carbocycles. The molecule has 2 amide bonds. The number of rotatable bonds is 8. The highest BCUT2D eigenvalue weighted by Crippen LogP contribution is 2.29. The third-order valence-electron chi connectivity index (χ3n) is 5.89. The standard InChI is InChI=1S/C22H30N2O2.C2HF3O2/c1-3-4-5-6-7-10-17(2)20-13-14-21(25)24(22(20)26)23-15-18-11-8-9-12-19(18)16-23;3-2(4,5)1(6)7/h8-9,11-12,15-17,20H,3-7,10,13-14H2,1-2H3;(H,6,7). The van der Waals surface area contributed by atoms with E-state index in [-0.39, 0.29) is 17.7 Å². The van der Waals surface area contributed by atoms with E-state index in [9.17, 15) is 22.8 Å². The van der Waals surface area contributed by atoms with E-state index in [0.717, 1.165) is 17.2 Å². The van der Waals surface area contributed by atoms with Crippen LogP contribution in [0.15, 0.2) is 36.7 Å². The summed E-state index contributed by atoms with van der Waals surface area (Å²) in [6, 6.07) is 7.94. The number of hydrogen-bond acceptors (Lipinski definition) is 3. The van der Waals surface area contributed by atoms with Gasteiger partial charge < -0.3 is 5.11 Å². The number of carboxylic acid groups (broad SMARTS) is 1. The lowest BCUT2D eigenvalue weighted by molar-refractivity contribution is -0.192. The van der Waals surface area contributed by atoms with Crippen LogP contribution in [0, 0.1) is 11.8 Å². The van der Waals surface area contributed by atoms with E-state index in [0.29, 0.717) is 18.8 Å². The number of hydrogen-bond donors (Lipinski definition) is 1. The predicted molar refractivity (Wildman–Crippen MR) is 119 cm³/mol. The molecule has 2 unspecified atom stereocenters. The van der Waals surface area contributed by atoms with Gasteiger partial charge >= 0.3 is 12.1 Å². The van der Waals surface area contributed by atoms with Gasteiger partial charge in [-0.15, -0.1) is 0 Å². The van der Waals surface area contributed by atoms with Gasteiger partial charge in [-0.25, -0.2) is 4.79 Å². The van der Waals surface area contributed by atoms with Crippen molar-refractivity contribution in [2.75, 3.05) is 5.01 Å². The number of halogens is 3. The maximum atomic E-state index is 13.1. The molecule has 2 heterocycles. The van der Waals surface area contributed by atoms with Gasteiger partial charge in [-0.2, -0.15) is 18.2 Å². The van der Waals surface area contributed by atoms with Crippen LogP contribution in [0.25, 0.3) is 10.8 Å². The van der Waals surface area contributed by atoms with Crippen molar-refractivity contribution in [1.29, 1.82) is 0 Å². The fourth-order valence-electron chi connectivity index (χ4n) is 4.01. The van der Waals surface area contributed by atoms with Crippen LogP contribution < -0.4 is 5.01 Å². The summed E-state index contributed by atoms with van der Waals surface area (Å²) in [5.41, 5.74) is 0. The van der Waals surface area contributed by atoms with Gasteiger partial charge in [-0.1, -0.05) is 70.2 Å². The zero-order valence-corrected chi connectivity index (χ0v) is 19.0. The van der Waals surface area contributed by atoms with Crippen molar-refractivity contribution in [3.63, 3.8) is 0 Å². The number of fused-ring (bicyclic) bond motifs is 1. The van der Waals surface area contributed by atoms with Crippen LogP contribution in [0.4, 0.5) is 13.2 Å². The van der Waals surface area contributed by atoms with Crippen molar-refractivity contribution in [3.8, 4) is 0 Å². The average molecular weight is 469 g/mol. The number of alkyl halides is 3. The maximum absolute atomic E-state index is 13.1. The first-order valence-corrected chi connectivity index (χ1v) is 11.3. The number of aromatic nitrogens is 1. The number of benzene rings is 1. The first-order valence-electron chi connectivity index (χ1n) is 11.3. The van der Waals surface area contributed by atoms with Gasteiger partial charge in [-0.3, -0.25) is 14.3 Å². The number of aliphatic carboxylic acids is 1. The first kappa shape index (κ1) is 26.4. The number of carboxylic acids is 1. The van der Waals surface area contributed by atoms with Crippen molar-refractivity contribution < 1.29 is 32.7 Å². The van der Waals surface area contributed by atoms with Crippen molar-refractivity contribution in [1.82, 2.24) is 4.68 Å². The normalized spacial score (nSPS) is 17.6. The summed E-state index contributed by atoms with van der Waals surface area (Å²) >= 11 is 0. The average Bonchev–Trinajstić information content (AvgIpc) is 3.17. The van der Waals surface area contributed by atoms with E-state index in [1.807, 2.05) is 36.7 Å². The molecule has 33 heavy (non-hydrogen) atoms. The summed E-state index contributed by atoms with van der Waals surface area (Å²) in [5.74, 6) is -2.62. The second-order valence-corrected chi connectivity index (χ2v) is 8.44. The lowest BCUT2D eigenvalue weighted by Crippen LogP contribution is -2.52. The van der Waals surface area contributed by atoms with E-state index in [1.165, 1.54) is 37.1 Å². The van der Waals surface area contributed by atoms with E-state index < -0.39 is 12.1 Å². The van der Waals surface area contributed by atoms with Crippen LogP contribution in [-0.2, 0) is 14.4 Å². The number of carbonyl (C=O) groups is 3. The third-order valence-corrected chi connectivity index (χ3v) is 5.89. The number of amides is 2. The molecule has 2 aromatic rings. The quantitative estimate of drug-likeness (QED) is 0.400. The fourth-order valence-corrected chi connectivity index (χ4v) is 4.01. The van der Waals surface area contributed by atoms with Gasteiger partial charge in [0.15, 0.2) is 0 Å². The van der Waals surface area contributed by atoms with Crippen molar-refractivity contribution in [2.24, 2.45) is 11.8 Å². The van der Waals surface area contributed by atoms with E-state index in [1.54, 1.807) is 4.68 Å². The fraction of sp³-hybridized carbons (Fsp3) is 0.542.